The van der Waals surface area contributed by atoms with Gasteiger partial charge in [-0.2, -0.15) is 0 Å². The fourth-order valence-corrected chi connectivity index (χ4v) is 2.77. The first-order valence-corrected chi connectivity index (χ1v) is 6.50. The lowest BCUT2D eigenvalue weighted by Crippen LogP contribution is -2.59. The van der Waals surface area contributed by atoms with Crippen LogP contribution in [0.15, 0.2) is 0 Å². The molecule has 2 unspecified atom stereocenters. The van der Waals surface area contributed by atoms with E-state index in [1.54, 1.807) is 14.2 Å². The van der Waals surface area contributed by atoms with Crippen molar-refractivity contribution < 1.29 is 9.47 Å². The summed E-state index contributed by atoms with van der Waals surface area (Å²) < 4.78 is 10.8. The minimum atomic E-state index is -0.265. The van der Waals surface area contributed by atoms with Crippen molar-refractivity contribution in [1.29, 1.82) is 0 Å². The summed E-state index contributed by atoms with van der Waals surface area (Å²) in [6.07, 6.45) is 0.978. The van der Waals surface area contributed by atoms with Gasteiger partial charge in [-0.3, -0.25) is 4.90 Å². The average Bonchev–Trinajstić information content (AvgIpc) is 2.80. The van der Waals surface area contributed by atoms with Crippen molar-refractivity contribution in [3.05, 3.63) is 0 Å². The number of hydrogen-bond donors (Lipinski definition) is 1. The van der Waals surface area contributed by atoms with Crippen molar-refractivity contribution >= 4 is 0 Å². The molecule has 1 fully saturated rings. The van der Waals surface area contributed by atoms with Crippen LogP contribution in [0.2, 0.25) is 0 Å². The lowest BCUT2D eigenvalue weighted by Gasteiger charge is -2.42. The standard InChI is InChI=1S/C13H28N2O2/c1-10(2)11-6-7-15(8-11)13(3,9-14)12(16-4)17-5/h10-12H,6-9,14H2,1-5H3. The Hall–Kier alpha value is -0.160. The van der Waals surface area contributed by atoms with E-state index in [1.807, 2.05) is 0 Å². The zero-order valence-corrected chi connectivity index (χ0v) is 11.9. The molecule has 1 saturated heterocycles. The molecule has 1 rings (SSSR count). The Balaban J connectivity index is 2.74. The van der Waals surface area contributed by atoms with Gasteiger partial charge in [0.15, 0.2) is 6.29 Å². The molecule has 0 radical (unpaired) electrons. The van der Waals surface area contributed by atoms with Gasteiger partial charge in [-0.15, -0.1) is 0 Å². The number of nitrogens with zero attached hydrogens (tertiary/aromatic N) is 1. The fraction of sp³-hybridized carbons (Fsp3) is 1.00. The van der Waals surface area contributed by atoms with E-state index in [0.717, 1.165) is 24.9 Å². The Morgan fingerprint density at radius 1 is 1.35 bits per heavy atom. The zero-order valence-electron chi connectivity index (χ0n) is 11.9. The molecule has 0 spiro atoms. The second kappa shape index (κ2) is 6.14. The number of hydrogen-bond acceptors (Lipinski definition) is 4. The van der Waals surface area contributed by atoms with Crippen LogP contribution in [-0.4, -0.2) is 50.6 Å². The van der Waals surface area contributed by atoms with Gasteiger partial charge in [0.05, 0.1) is 5.54 Å². The van der Waals surface area contributed by atoms with Gasteiger partial charge in [-0.1, -0.05) is 13.8 Å². The fourth-order valence-electron chi connectivity index (χ4n) is 2.77. The minimum absolute atomic E-state index is 0.229. The third kappa shape index (κ3) is 2.99. The molecule has 102 valence electrons. The van der Waals surface area contributed by atoms with Crippen LogP contribution in [0.25, 0.3) is 0 Å². The third-order valence-electron chi connectivity index (χ3n) is 4.24. The molecule has 1 aliphatic heterocycles. The molecule has 0 bridgehead atoms. The maximum atomic E-state index is 5.96. The van der Waals surface area contributed by atoms with E-state index in [1.165, 1.54) is 6.42 Å². The van der Waals surface area contributed by atoms with Crippen LogP contribution in [0.5, 0.6) is 0 Å². The van der Waals surface area contributed by atoms with Crippen LogP contribution in [-0.2, 0) is 9.47 Å². The van der Waals surface area contributed by atoms with Crippen molar-refractivity contribution in [2.75, 3.05) is 33.9 Å². The smallest absolute Gasteiger partial charge is 0.176 e. The van der Waals surface area contributed by atoms with Gasteiger partial charge < -0.3 is 15.2 Å². The van der Waals surface area contributed by atoms with Gasteiger partial charge in [0.25, 0.3) is 0 Å². The summed E-state index contributed by atoms with van der Waals surface area (Å²) in [5.41, 5.74) is 5.73. The van der Waals surface area contributed by atoms with Crippen molar-refractivity contribution in [2.45, 2.75) is 39.0 Å². The largest absolute Gasteiger partial charge is 0.354 e. The summed E-state index contributed by atoms with van der Waals surface area (Å²) in [5.74, 6) is 1.49. The molecule has 1 aliphatic rings. The van der Waals surface area contributed by atoms with Gasteiger partial charge in [-0.25, -0.2) is 0 Å². The average molecular weight is 244 g/mol. The van der Waals surface area contributed by atoms with Crippen LogP contribution in [0.3, 0.4) is 0 Å². The number of rotatable bonds is 6. The van der Waals surface area contributed by atoms with Gasteiger partial charge in [0.2, 0.25) is 0 Å². The maximum absolute atomic E-state index is 5.96. The molecule has 2 atom stereocenters. The molecule has 0 aromatic rings. The number of ether oxygens (including phenoxy) is 2. The lowest BCUT2D eigenvalue weighted by molar-refractivity contribution is -0.178. The van der Waals surface area contributed by atoms with Crippen molar-refractivity contribution in [3.8, 4) is 0 Å². The summed E-state index contributed by atoms with van der Waals surface area (Å²) in [4.78, 5) is 2.43. The van der Waals surface area contributed by atoms with Gasteiger partial charge >= 0.3 is 0 Å². The van der Waals surface area contributed by atoms with Gasteiger partial charge in [-0.05, 0) is 31.7 Å². The maximum Gasteiger partial charge on any atom is 0.176 e. The predicted molar refractivity (Wildman–Crippen MR) is 69.8 cm³/mol. The second-order valence-electron chi connectivity index (χ2n) is 5.60. The van der Waals surface area contributed by atoms with E-state index >= 15 is 0 Å². The third-order valence-corrected chi connectivity index (χ3v) is 4.24. The quantitative estimate of drug-likeness (QED) is 0.716. The Morgan fingerprint density at radius 3 is 2.29 bits per heavy atom. The molecule has 0 amide bonds. The number of methoxy groups -OCH3 is 2. The Bertz CT molecular complexity index is 231. The normalized spacial score (nSPS) is 25.8. The number of nitrogens with two attached hydrogens (primary N) is 1. The minimum Gasteiger partial charge on any atom is -0.354 e. The zero-order chi connectivity index (χ0) is 13.1. The second-order valence-corrected chi connectivity index (χ2v) is 5.60. The van der Waals surface area contributed by atoms with Gasteiger partial charge in [0, 0.05) is 27.3 Å². The van der Waals surface area contributed by atoms with E-state index in [9.17, 15) is 0 Å². The summed E-state index contributed by atoms with van der Waals surface area (Å²) in [6, 6.07) is 0. The summed E-state index contributed by atoms with van der Waals surface area (Å²) in [6.45, 7) is 9.43. The van der Waals surface area contributed by atoms with Crippen LogP contribution in [0.4, 0.5) is 0 Å². The van der Waals surface area contributed by atoms with Crippen LogP contribution < -0.4 is 5.73 Å². The summed E-state index contributed by atoms with van der Waals surface area (Å²) >= 11 is 0. The van der Waals surface area contributed by atoms with E-state index < -0.39 is 0 Å². The molecular formula is C13H28N2O2. The molecular weight excluding hydrogens is 216 g/mol. The van der Waals surface area contributed by atoms with Gasteiger partial charge in [0.1, 0.15) is 0 Å². The van der Waals surface area contributed by atoms with Crippen LogP contribution in [0, 0.1) is 11.8 Å². The highest BCUT2D eigenvalue weighted by molar-refractivity contribution is 4.95. The Morgan fingerprint density at radius 2 is 1.94 bits per heavy atom. The summed E-state index contributed by atoms with van der Waals surface area (Å²) in [5, 5.41) is 0. The molecule has 2 N–H and O–H groups in total. The Kier molecular flexibility index (Phi) is 5.38. The van der Waals surface area contributed by atoms with Crippen molar-refractivity contribution in [3.63, 3.8) is 0 Å². The summed E-state index contributed by atoms with van der Waals surface area (Å²) in [7, 11) is 3.36. The SMILES string of the molecule is COC(OC)C(C)(CN)N1CCC(C(C)C)C1. The van der Waals surface area contributed by atoms with Crippen LogP contribution in [0.1, 0.15) is 27.2 Å². The first-order chi connectivity index (χ1) is 7.99. The highest BCUT2D eigenvalue weighted by Gasteiger charge is 2.43. The van der Waals surface area contributed by atoms with E-state index in [2.05, 4.69) is 25.7 Å². The topological polar surface area (TPSA) is 47.7 Å². The van der Waals surface area contributed by atoms with E-state index in [4.69, 9.17) is 15.2 Å². The monoisotopic (exact) mass is 244 g/mol. The van der Waals surface area contributed by atoms with Crippen molar-refractivity contribution in [2.24, 2.45) is 17.6 Å². The highest BCUT2D eigenvalue weighted by atomic mass is 16.7. The molecule has 4 heteroatoms. The number of likely N-dealkylation sites (tertiary alicyclic amines) is 1. The first kappa shape index (κ1) is 14.9. The van der Waals surface area contributed by atoms with E-state index in [0.29, 0.717) is 6.54 Å². The highest BCUT2D eigenvalue weighted by Crippen LogP contribution is 2.31. The van der Waals surface area contributed by atoms with E-state index in [-0.39, 0.29) is 11.8 Å². The molecule has 1 heterocycles. The molecule has 4 nitrogen and oxygen atoms in total. The predicted octanol–water partition coefficient (Wildman–Crippen LogP) is 1.30. The first-order valence-electron chi connectivity index (χ1n) is 6.50. The van der Waals surface area contributed by atoms with Crippen molar-refractivity contribution in [1.82, 2.24) is 4.90 Å². The molecule has 0 aromatic carbocycles. The molecule has 0 saturated carbocycles. The molecule has 17 heavy (non-hydrogen) atoms. The van der Waals surface area contributed by atoms with Crippen LogP contribution >= 0.6 is 0 Å². The molecule has 0 aromatic heterocycles. The lowest BCUT2D eigenvalue weighted by atomic mass is 9.94. The molecule has 0 aliphatic carbocycles. The Labute approximate surface area is 105 Å².